The second-order valence-electron chi connectivity index (χ2n) is 3.93. The molecule has 0 aliphatic carbocycles. The highest BCUT2D eigenvalue weighted by Crippen LogP contribution is 2.15. The number of hydrogen-bond acceptors (Lipinski definition) is 8. The maximum atomic E-state index is 10.4. The van der Waals surface area contributed by atoms with E-state index in [9.17, 15) is 20.3 Å². The highest BCUT2D eigenvalue weighted by molar-refractivity contribution is 5.65. The standard InChI is InChI=1S/C11H15N3O6/c15-6-10(17)11(18)9(16)5-12-13-7-1-3-8(4-2-7)14(19)20/h1-5,9-11,13,15-18H,6H2/b12-5-/t9-,10-,11+/m0/s1. The van der Waals surface area contributed by atoms with Crippen LogP contribution in [0.1, 0.15) is 0 Å². The largest absolute Gasteiger partial charge is 0.394 e. The first-order chi connectivity index (χ1) is 9.45. The smallest absolute Gasteiger partial charge is 0.269 e. The number of aliphatic hydroxyl groups is 4. The van der Waals surface area contributed by atoms with E-state index in [2.05, 4.69) is 10.5 Å². The van der Waals surface area contributed by atoms with Crippen LogP contribution in [0, 0.1) is 10.1 Å². The zero-order chi connectivity index (χ0) is 15.1. The zero-order valence-corrected chi connectivity index (χ0v) is 10.3. The number of nitro benzene ring substituents is 1. The van der Waals surface area contributed by atoms with Crippen LogP contribution >= 0.6 is 0 Å². The van der Waals surface area contributed by atoms with Crippen molar-refractivity contribution in [2.45, 2.75) is 18.3 Å². The van der Waals surface area contributed by atoms with Gasteiger partial charge in [-0.15, -0.1) is 0 Å². The molecule has 0 unspecified atom stereocenters. The summed E-state index contributed by atoms with van der Waals surface area (Å²) in [6.07, 6.45) is -3.58. The second kappa shape index (κ2) is 7.50. The van der Waals surface area contributed by atoms with Crippen LogP contribution in [0.15, 0.2) is 29.4 Å². The number of non-ortho nitro benzene ring substituents is 1. The summed E-state index contributed by atoms with van der Waals surface area (Å²) in [5.74, 6) is 0. The average Bonchev–Trinajstić information content (AvgIpc) is 2.45. The van der Waals surface area contributed by atoms with Crippen LogP contribution in [0.2, 0.25) is 0 Å². The minimum Gasteiger partial charge on any atom is -0.394 e. The van der Waals surface area contributed by atoms with E-state index in [4.69, 9.17) is 10.2 Å². The van der Waals surface area contributed by atoms with Crippen molar-refractivity contribution >= 4 is 17.6 Å². The van der Waals surface area contributed by atoms with Gasteiger partial charge in [-0.3, -0.25) is 15.5 Å². The van der Waals surface area contributed by atoms with E-state index >= 15 is 0 Å². The normalized spacial score (nSPS) is 15.8. The van der Waals surface area contributed by atoms with Gasteiger partial charge in [-0.2, -0.15) is 5.10 Å². The quantitative estimate of drug-likeness (QED) is 0.247. The van der Waals surface area contributed by atoms with Crippen molar-refractivity contribution in [1.29, 1.82) is 0 Å². The Balaban J connectivity index is 2.53. The lowest BCUT2D eigenvalue weighted by molar-refractivity contribution is -0.384. The Morgan fingerprint density at radius 3 is 2.40 bits per heavy atom. The molecule has 0 heterocycles. The molecule has 1 rings (SSSR count). The van der Waals surface area contributed by atoms with Crippen molar-refractivity contribution in [3.05, 3.63) is 34.4 Å². The lowest BCUT2D eigenvalue weighted by Crippen LogP contribution is -2.40. The summed E-state index contributed by atoms with van der Waals surface area (Å²) in [5, 5.41) is 50.5. The number of anilines is 1. The molecule has 9 heteroatoms. The molecule has 0 amide bonds. The Kier molecular flexibility index (Phi) is 6.00. The predicted octanol–water partition coefficient (Wildman–Crippen LogP) is -0.933. The third-order valence-electron chi connectivity index (χ3n) is 2.43. The summed E-state index contributed by atoms with van der Waals surface area (Å²) in [4.78, 5) is 9.90. The summed E-state index contributed by atoms with van der Waals surface area (Å²) in [6.45, 7) is -0.693. The zero-order valence-electron chi connectivity index (χ0n) is 10.3. The molecular formula is C11H15N3O6. The monoisotopic (exact) mass is 285 g/mol. The topological polar surface area (TPSA) is 148 Å². The minimum atomic E-state index is -1.57. The number of nitrogens with one attached hydrogen (secondary N) is 1. The van der Waals surface area contributed by atoms with Crippen LogP contribution in [0.3, 0.4) is 0 Å². The van der Waals surface area contributed by atoms with Crippen LogP contribution in [-0.2, 0) is 0 Å². The third-order valence-corrected chi connectivity index (χ3v) is 2.43. The van der Waals surface area contributed by atoms with Crippen LogP contribution in [0.25, 0.3) is 0 Å². The fraction of sp³-hybridized carbons (Fsp3) is 0.364. The van der Waals surface area contributed by atoms with E-state index in [0.717, 1.165) is 6.21 Å². The van der Waals surface area contributed by atoms with Crippen molar-refractivity contribution < 1.29 is 25.3 Å². The molecule has 0 bridgehead atoms. The van der Waals surface area contributed by atoms with Crippen LogP contribution in [0.4, 0.5) is 11.4 Å². The molecule has 3 atom stereocenters. The van der Waals surface area contributed by atoms with Gasteiger partial charge < -0.3 is 20.4 Å². The molecule has 0 radical (unpaired) electrons. The number of hydrazone groups is 1. The Bertz CT molecular complexity index is 464. The lowest BCUT2D eigenvalue weighted by Gasteiger charge is -2.18. The van der Waals surface area contributed by atoms with Gasteiger partial charge in [0.1, 0.15) is 18.3 Å². The first kappa shape index (κ1) is 16.0. The third kappa shape index (κ3) is 4.55. The summed E-state index contributed by atoms with van der Waals surface area (Å²) in [7, 11) is 0. The fourth-order valence-corrected chi connectivity index (χ4v) is 1.27. The van der Waals surface area contributed by atoms with Crippen molar-refractivity contribution in [3.8, 4) is 0 Å². The summed E-state index contributed by atoms with van der Waals surface area (Å²) < 4.78 is 0. The number of benzene rings is 1. The van der Waals surface area contributed by atoms with E-state index in [1.807, 2.05) is 0 Å². The summed E-state index contributed by atoms with van der Waals surface area (Å²) in [5.41, 5.74) is 2.86. The maximum Gasteiger partial charge on any atom is 0.269 e. The van der Waals surface area contributed by atoms with E-state index in [0.29, 0.717) is 5.69 Å². The predicted molar refractivity (Wildman–Crippen MR) is 70.3 cm³/mol. The number of nitro groups is 1. The molecule has 0 aliphatic heterocycles. The van der Waals surface area contributed by atoms with Crippen LogP contribution < -0.4 is 5.43 Å². The molecule has 0 fully saturated rings. The van der Waals surface area contributed by atoms with Gasteiger partial charge in [0.2, 0.25) is 0 Å². The van der Waals surface area contributed by atoms with Gasteiger partial charge in [-0.1, -0.05) is 0 Å². The van der Waals surface area contributed by atoms with Gasteiger partial charge in [-0.25, -0.2) is 0 Å². The van der Waals surface area contributed by atoms with E-state index < -0.39 is 29.8 Å². The first-order valence-electron chi connectivity index (χ1n) is 5.64. The van der Waals surface area contributed by atoms with Gasteiger partial charge in [0, 0.05) is 12.1 Å². The lowest BCUT2D eigenvalue weighted by atomic mass is 10.1. The highest BCUT2D eigenvalue weighted by atomic mass is 16.6. The average molecular weight is 285 g/mol. The second-order valence-corrected chi connectivity index (χ2v) is 3.93. The molecule has 5 N–H and O–H groups in total. The van der Waals surface area contributed by atoms with Crippen molar-refractivity contribution in [2.24, 2.45) is 5.10 Å². The molecule has 9 nitrogen and oxygen atoms in total. The Morgan fingerprint density at radius 2 is 1.90 bits per heavy atom. The summed E-state index contributed by atoms with van der Waals surface area (Å²) >= 11 is 0. The van der Waals surface area contributed by atoms with Crippen LogP contribution in [0.5, 0.6) is 0 Å². The molecule has 0 saturated heterocycles. The molecule has 0 saturated carbocycles. The Labute approximate surface area is 114 Å². The van der Waals surface area contributed by atoms with Crippen molar-refractivity contribution in [3.63, 3.8) is 0 Å². The molecule has 110 valence electrons. The maximum absolute atomic E-state index is 10.4. The molecule has 20 heavy (non-hydrogen) atoms. The summed E-state index contributed by atoms with van der Waals surface area (Å²) in [6, 6.07) is 5.39. The van der Waals surface area contributed by atoms with Crippen LogP contribution in [-0.4, -0.2) is 56.5 Å². The Morgan fingerprint density at radius 1 is 1.30 bits per heavy atom. The number of aliphatic hydroxyl groups excluding tert-OH is 4. The SMILES string of the molecule is O=[N+]([O-])c1ccc(N/N=C\[C@H](O)[C@@H](O)[C@@H](O)CO)cc1. The first-order valence-corrected chi connectivity index (χ1v) is 5.64. The molecule has 1 aromatic rings. The van der Waals surface area contributed by atoms with Gasteiger partial charge in [0.05, 0.1) is 23.4 Å². The van der Waals surface area contributed by atoms with Gasteiger partial charge >= 0.3 is 0 Å². The number of nitrogens with zero attached hydrogens (tertiary/aromatic N) is 2. The Hall–Kier alpha value is -2.07. The molecule has 0 aliphatic rings. The molecule has 0 aromatic heterocycles. The molecule has 1 aromatic carbocycles. The fourth-order valence-electron chi connectivity index (χ4n) is 1.27. The van der Waals surface area contributed by atoms with E-state index in [-0.39, 0.29) is 5.69 Å². The van der Waals surface area contributed by atoms with Gasteiger partial charge in [0.25, 0.3) is 5.69 Å². The highest BCUT2D eigenvalue weighted by Gasteiger charge is 2.22. The van der Waals surface area contributed by atoms with Gasteiger partial charge in [-0.05, 0) is 12.1 Å². The number of hydrogen-bond donors (Lipinski definition) is 5. The molecular weight excluding hydrogens is 270 g/mol. The van der Waals surface area contributed by atoms with E-state index in [1.165, 1.54) is 24.3 Å². The van der Waals surface area contributed by atoms with Crippen molar-refractivity contribution in [2.75, 3.05) is 12.0 Å². The van der Waals surface area contributed by atoms with Crippen molar-refractivity contribution in [1.82, 2.24) is 0 Å². The van der Waals surface area contributed by atoms with E-state index in [1.54, 1.807) is 0 Å². The molecule has 0 spiro atoms. The number of rotatable bonds is 7. The van der Waals surface area contributed by atoms with Gasteiger partial charge in [0.15, 0.2) is 0 Å². The minimum absolute atomic E-state index is 0.0685.